The fraction of sp³-hybridized carbons (Fsp3) is 0. The van der Waals surface area contributed by atoms with Crippen molar-refractivity contribution in [1.82, 2.24) is 0 Å². The highest BCUT2D eigenvalue weighted by molar-refractivity contribution is 7.17. The summed E-state index contributed by atoms with van der Waals surface area (Å²) in [5.74, 6) is -0.916. The van der Waals surface area contributed by atoms with E-state index in [2.05, 4.69) is 0 Å². The summed E-state index contributed by atoms with van der Waals surface area (Å²) in [6.07, 6.45) is 0.779. The molecule has 0 unspecified atom stereocenters. The van der Waals surface area contributed by atoms with Gasteiger partial charge in [0.05, 0.1) is 0 Å². The highest BCUT2D eigenvalue weighted by atomic mass is 32.1. The lowest BCUT2D eigenvalue weighted by Crippen LogP contribution is -1.89. The molecule has 3 nitrogen and oxygen atoms in total. The zero-order valence-electron chi connectivity index (χ0n) is 8.21. The number of thiophene rings is 1. The van der Waals surface area contributed by atoms with Crippen LogP contribution in [0.15, 0.2) is 36.4 Å². The summed E-state index contributed by atoms with van der Waals surface area (Å²) in [5, 5.41) is 8.79. The number of carboxylic acids is 1. The van der Waals surface area contributed by atoms with Gasteiger partial charge in [0.25, 0.3) is 0 Å². The van der Waals surface area contributed by atoms with Crippen molar-refractivity contribution in [3.63, 3.8) is 0 Å². The number of carbonyl (C=O) groups excluding carboxylic acids is 1. The molecule has 0 fully saturated rings. The molecule has 2 rings (SSSR count). The van der Waals surface area contributed by atoms with Crippen LogP contribution in [0.5, 0.6) is 0 Å². The van der Waals surface area contributed by atoms with Crippen molar-refractivity contribution in [2.75, 3.05) is 0 Å². The Kier molecular flexibility index (Phi) is 2.83. The van der Waals surface area contributed by atoms with Crippen LogP contribution in [-0.2, 0) is 0 Å². The summed E-state index contributed by atoms with van der Waals surface area (Å²) in [4.78, 5) is 22.4. The van der Waals surface area contributed by atoms with Crippen LogP contribution in [0.2, 0.25) is 0 Å². The van der Waals surface area contributed by atoms with Crippen LogP contribution in [-0.4, -0.2) is 17.4 Å². The molecule has 0 spiro atoms. The van der Waals surface area contributed by atoms with Gasteiger partial charge in [-0.2, -0.15) is 0 Å². The van der Waals surface area contributed by atoms with E-state index in [4.69, 9.17) is 5.11 Å². The van der Waals surface area contributed by atoms with Gasteiger partial charge in [-0.25, -0.2) is 4.79 Å². The lowest BCUT2D eigenvalue weighted by molar-refractivity contribution is 0.0702. The number of hydrogen-bond acceptors (Lipinski definition) is 3. The highest BCUT2D eigenvalue weighted by Gasteiger charge is 2.07. The molecule has 0 aliphatic rings. The highest BCUT2D eigenvalue weighted by Crippen LogP contribution is 2.28. The first kappa shape index (κ1) is 10.6. The van der Waals surface area contributed by atoms with Crippen LogP contribution in [0.25, 0.3) is 10.4 Å². The Balaban J connectivity index is 2.35. The molecule has 1 N–H and O–H groups in total. The molecule has 0 aliphatic heterocycles. The predicted molar refractivity (Wildman–Crippen MR) is 62.1 cm³/mol. The van der Waals surface area contributed by atoms with Crippen molar-refractivity contribution >= 4 is 23.6 Å². The fourth-order valence-electron chi connectivity index (χ4n) is 1.33. The topological polar surface area (TPSA) is 54.4 Å². The minimum atomic E-state index is -0.916. The van der Waals surface area contributed by atoms with E-state index in [9.17, 15) is 9.59 Å². The Morgan fingerprint density at radius 2 is 1.81 bits per heavy atom. The molecule has 0 bridgehead atoms. The van der Waals surface area contributed by atoms with Gasteiger partial charge in [0.15, 0.2) is 0 Å². The standard InChI is InChI=1S/C12H8O3S/c13-7-8-1-3-9(4-2-8)10-5-6-11(16-10)12(14)15/h1-7H,(H,14,15). The smallest absolute Gasteiger partial charge is 0.345 e. The molecule has 4 heteroatoms. The number of rotatable bonds is 3. The molecule has 1 heterocycles. The zero-order chi connectivity index (χ0) is 11.5. The van der Waals surface area contributed by atoms with Crippen molar-refractivity contribution in [3.8, 4) is 10.4 Å². The van der Waals surface area contributed by atoms with E-state index in [0.29, 0.717) is 10.4 Å². The summed E-state index contributed by atoms with van der Waals surface area (Å²) in [6, 6.07) is 10.4. The minimum absolute atomic E-state index is 0.314. The normalized spacial score (nSPS) is 10.0. The Labute approximate surface area is 96.0 Å². The molecule has 2 aromatic rings. The summed E-state index contributed by atoms with van der Waals surface area (Å²) >= 11 is 1.22. The van der Waals surface area contributed by atoms with Crippen molar-refractivity contribution in [3.05, 3.63) is 46.8 Å². The van der Waals surface area contributed by atoms with Crippen molar-refractivity contribution in [2.45, 2.75) is 0 Å². The average Bonchev–Trinajstić information content (AvgIpc) is 2.78. The molecule has 0 atom stereocenters. The lowest BCUT2D eigenvalue weighted by atomic mass is 10.1. The van der Waals surface area contributed by atoms with Crippen LogP contribution < -0.4 is 0 Å². The number of carboxylic acid groups (broad SMARTS) is 1. The van der Waals surface area contributed by atoms with E-state index in [1.54, 1.807) is 36.4 Å². The number of hydrogen-bond donors (Lipinski definition) is 1. The van der Waals surface area contributed by atoms with Gasteiger partial charge in [-0.3, -0.25) is 4.79 Å². The van der Waals surface area contributed by atoms with Crippen LogP contribution in [0, 0.1) is 0 Å². The van der Waals surface area contributed by atoms with Gasteiger partial charge in [-0.05, 0) is 17.7 Å². The maximum atomic E-state index is 10.7. The van der Waals surface area contributed by atoms with Gasteiger partial charge < -0.3 is 5.11 Å². The maximum Gasteiger partial charge on any atom is 0.345 e. The second-order valence-corrected chi connectivity index (χ2v) is 4.29. The maximum absolute atomic E-state index is 10.7. The van der Waals surface area contributed by atoms with Gasteiger partial charge in [0, 0.05) is 10.4 Å². The van der Waals surface area contributed by atoms with Crippen molar-refractivity contribution in [2.24, 2.45) is 0 Å². The number of aldehydes is 1. The molecule has 1 aromatic heterocycles. The second-order valence-electron chi connectivity index (χ2n) is 3.21. The van der Waals surface area contributed by atoms with Crippen LogP contribution in [0.4, 0.5) is 0 Å². The monoisotopic (exact) mass is 232 g/mol. The average molecular weight is 232 g/mol. The van der Waals surface area contributed by atoms with Crippen LogP contribution in [0.3, 0.4) is 0 Å². The molecule has 0 amide bonds. The van der Waals surface area contributed by atoms with E-state index in [-0.39, 0.29) is 0 Å². The summed E-state index contributed by atoms with van der Waals surface area (Å²) < 4.78 is 0. The van der Waals surface area contributed by atoms with Gasteiger partial charge in [0.1, 0.15) is 11.2 Å². The number of benzene rings is 1. The Morgan fingerprint density at radius 3 is 2.31 bits per heavy atom. The molecule has 80 valence electrons. The van der Waals surface area contributed by atoms with E-state index in [1.807, 2.05) is 0 Å². The molecule has 0 radical (unpaired) electrons. The Hall–Kier alpha value is -1.94. The quantitative estimate of drug-likeness (QED) is 0.828. The van der Waals surface area contributed by atoms with Gasteiger partial charge in [0.2, 0.25) is 0 Å². The van der Waals surface area contributed by atoms with Gasteiger partial charge in [-0.1, -0.05) is 24.3 Å². The van der Waals surface area contributed by atoms with E-state index in [0.717, 1.165) is 16.7 Å². The lowest BCUT2D eigenvalue weighted by Gasteiger charge is -1.96. The van der Waals surface area contributed by atoms with Crippen LogP contribution >= 0.6 is 11.3 Å². The molecule has 0 saturated carbocycles. The molecule has 1 aromatic carbocycles. The third-order valence-electron chi connectivity index (χ3n) is 2.15. The van der Waals surface area contributed by atoms with E-state index >= 15 is 0 Å². The first-order valence-corrected chi connectivity index (χ1v) is 5.41. The Bertz CT molecular complexity index is 525. The number of aromatic carboxylic acids is 1. The predicted octanol–water partition coefficient (Wildman–Crippen LogP) is 2.93. The van der Waals surface area contributed by atoms with E-state index < -0.39 is 5.97 Å². The minimum Gasteiger partial charge on any atom is -0.477 e. The first-order valence-electron chi connectivity index (χ1n) is 4.59. The van der Waals surface area contributed by atoms with Gasteiger partial charge >= 0.3 is 5.97 Å². The zero-order valence-corrected chi connectivity index (χ0v) is 9.03. The van der Waals surface area contributed by atoms with Crippen LogP contribution in [0.1, 0.15) is 20.0 Å². The summed E-state index contributed by atoms with van der Waals surface area (Å²) in [6.45, 7) is 0. The molecule has 0 saturated heterocycles. The molecular formula is C12H8O3S. The third-order valence-corrected chi connectivity index (χ3v) is 3.27. The first-order chi connectivity index (χ1) is 7.70. The van der Waals surface area contributed by atoms with Crippen molar-refractivity contribution in [1.29, 1.82) is 0 Å². The van der Waals surface area contributed by atoms with Crippen molar-refractivity contribution < 1.29 is 14.7 Å². The molecule has 0 aliphatic carbocycles. The Morgan fingerprint density at radius 1 is 1.12 bits per heavy atom. The fourth-order valence-corrected chi connectivity index (χ4v) is 2.18. The second kappa shape index (κ2) is 4.28. The number of carbonyl (C=O) groups is 2. The molecule has 16 heavy (non-hydrogen) atoms. The summed E-state index contributed by atoms with van der Waals surface area (Å²) in [7, 11) is 0. The SMILES string of the molecule is O=Cc1ccc(-c2ccc(C(=O)O)s2)cc1. The summed E-state index contributed by atoms with van der Waals surface area (Å²) in [5.41, 5.74) is 1.53. The third kappa shape index (κ3) is 2.01. The molecular weight excluding hydrogens is 224 g/mol. The van der Waals surface area contributed by atoms with E-state index in [1.165, 1.54) is 11.3 Å². The van der Waals surface area contributed by atoms with Gasteiger partial charge in [-0.15, -0.1) is 11.3 Å². The largest absolute Gasteiger partial charge is 0.477 e.